The Balaban J connectivity index is 0.00000162. The minimum Gasteiger partial charge on any atom is -0.497 e. The summed E-state index contributed by atoms with van der Waals surface area (Å²) in [4.78, 5) is 9.27. The van der Waals surface area contributed by atoms with Crippen LogP contribution in [0.1, 0.15) is 5.89 Å². The summed E-state index contributed by atoms with van der Waals surface area (Å²) in [7, 11) is 3.81. The summed E-state index contributed by atoms with van der Waals surface area (Å²) in [6.45, 7) is 4.40. The van der Waals surface area contributed by atoms with Crippen molar-refractivity contribution in [3.63, 3.8) is 0 Å². The standard InChI is InChI=1S/C25H26N4O3.2ClH/c1-28-12-14-29(15-13-28)23-5-3-4-18-6-11-21(16-22(18)23)31-17-24-26-25(27-32-24)19-7-9-20(30-2)10-8-19;;/h3-11,16H,12-15,17H2,1-2H3;2*1H. The number of piperazine rings is 1. The second kappa shape index (κ2) is 11.4. The average Bonchev–Trinajstić information content (AvgIpc) is 3.32. The molecule has 2 heterocycles. The van der Waals surface area contributed by atoms with Crippen molar-refractivity contribution in [3.8, 4) is 22.9 Å². The van der Waals surface area contributed by atoms with E-state index in [0.29, 0.717) is 11.7 Å². The van der Waals surface area contributed by atoms with Crippen LogP contribution in [0.5, 0.6) is 11.5 Å². The summed E-state index contributed by atoms with van der Waals surface area (Å²) in [5.74, 6) is 2.53. The minimum absolute atomic E-state index is 0. The molecule has 0 N–H and O–H groups in total. The van der Waals surface area contributed by atoms with Crippen molar-refractivity contribution in [1.29, 1.82) is 0 Å². The van der Waals surface area contributed by atoms with Crippen LogP contribution in [-0.4, -0.2) is 55.4 Å². The zero-order valence-corrected chi connectivity index (χ0v) is 20.8. The summed E-state index contributed by atoms with van der Waals surface area (Å²) >= 11 is 0. The van der Waals surface area contributed by atoms with E-state index in [1.54, 1.807) is 7.11 Å². The summed E-state index contributed by atoms with van der Waals surface area (Å²) in [5.41, 5.74) is 2.11. The highest BCUT2D eigenvalue weighted by atomic mass is 35.5. The van der Waals surface area contributed by atoms with Gasteiger partial charge in [-0.25, -0.2) is 0 Å². The molecule has 7 nitrogen and oxygen atoms in total. The lowest BCUT2D eigenvalue weighted by Gasteiger charge is -2.34. The average molecular weight is 503 g/mol. The van der Waals surface area contributed by atoms with Gasteiger partial charge in [-0.15, -0.1) is 24.8 Å². The van der Waals surface area contributed by atoms with Gasteiger partial charge in [0.2, 0.25) is 5.82 Å². The van der Waals surface area contributed by atoms with Gasteiger partial charge in [0, 0.05) is 42.8 Å². The molecule has 0 spiro atoms. The number of aromatic nitrogens is 2. The predicted octanol–water partition coefficient (Wildman–Crippen LogP) is 5.07. The topological polar surface area (TPSA) is 63.9 Å². The maximum absolute atomic E-state index is 6.00. The Morgan fingerprint density at radius 2 is 1.65 bits per heavy atom. The second-order valence-corrected chi connectivity index (χ2v) is 7.98. The van der Waals surface area contributed by atoms with Crippen LogP contribution in [-0.2, 0) is 6.61 Å². The number of anilines is 1. The smallest absolute Gasteiger partial charge is 0.264 e. The molecule has 34 heavy (non-hydrogen) atoms. The number of methoxy groups -OCH3 is 1. The first-order chi connectivity index (χ1) is 15.7. The predicted molar refractivity (Wildman–Crippen MR) is 139 cm³/mol. The molecule has 0 aliphatic carbocycles. The van der Waals surface area contributed by atoms with Crippen molar-refractivity contribution in [2.45, 2.75) is 6.61 Å². The lowest BCUT2D eigenvalue weighted by molar-refractivity contribution is 0.243. The Morgan fingerprint density at radius 1 is 0.912 bits per heavy atom. The summed E-state index contributed by atoms with van der Waals surface area (Å²) in [5, 5.41) is 6.46. The van der Waals surface area contributed by atoms with Crippen LogP contribution < -0.4 is 14.4 Å². The molecular formula is C25H28Cl2N4O3. The quantitative estimate of drug-likeness (QED) is 0.364. The molecule has 5 rings (SSSR count). The number of hydrogen-bond donors (Lipinski definition) is 0. The highest BCUT2D eigenvalue weighted by molar-refractivity contribution is 5.95. The first-order valence-corrected chi connectivity index (χ1v) is 10.8. The Labute approximate surface area is 211 Å². The summed E-state index contributed by atoms with van der Waals surface area (Å²) in [6.07, 6.45) is 0. The van der Waals surface area contributed by atoms with Gasteiger partial charge in [0.1, 0.15) is 11.5 Å². The number of benzene rings is 3. The van der Waals surface area contributed by atoms with E-state index >= 15 is 0 Å². The fraction of sp³-hybridized carbons (Fsp3) is 0.280. The normalized spacial score (nSPS) is 13.8. The Kier molecular flexibility index (Phi) is 8.61. The molecule has 0 saturated carbocycles. The van der Waals surface area contributed by atoms with E-state index in [9.17, 15) is 0 Å². The summed E-state index contributed by atoms with van der Waals surface area (Å²) in [6, 6.07) is 20.2. The number of ether oxygens (including phenoxy) is 2. The summed E-state index contributed by atoms with van der Waals surface area (Å²) < 4.78 is 16.6. The Bertz CT molecular complexity index is 1210. The molecule has 0 unspecified atom stereocenters. The molecule has 1 fully saturated rings. The minimum atomic E-state index is 0. The van der Waals surface area contributed by atoms with Crippen molar-refractivity contribution in [2.24, 2.45) is 0 Å². The molecule has 3 aromatic carbocycles. The fourth-order valence-corrected chi connectivity index (χ4v) is 3.96. The second-order valence-electron chi connectivity index (χ2n) is 7.98. The molecule has 0 atom stereocenters. The van der Waals surface area contributed by atoms with Crippen LogP contribution in [0.25, 0.3) is 22.2 Å². The largest absolute Gasteiger partial charge is 0.497 e. The van der Waals surface area contributed by atoms with Crippen LogP contribution in [0.15, 0.2) is 65.2 Å². The van der Waals surface area contributed by atoms with Crippen molar-refractivity contribution < 1.29 is 14.0 Å². The van der Waals surface area contributed by atoms with Crippen molar-refractivity contribution >= 4 is 41.3 Å². The lowest BCUT2D eigenvalue weighted by Crippen LogP contribution is -2.44. The number of halogens is 2. The van der Waals surface area contributed by atoms with Crippen LogP contribution in [0.4, 0.5) is 5.69 Å². The molecule has 180 valence electrons. The van der Waals surface area contributed by atoms with Gasteiger partial charge in [-0.3, -0.25) is 0 Å². The third-order valence-corrected chi connectivity index (χ3v) is 5.85. The monoisotopic (exact) mass is 502 g/mol. The zero-order valence-electron chi connectivity index (χ0n) is 19.1. The van der Waals surface area contributed by atoms with Crippen LogP contribution >= 0.6 is 24.8 Å². The Morgan fingerprint density at radius 3 is 2.38 bits per heavy atom. The highest BCUT2D eigenvalue weighted by Crippen LogP contribution is 2.31. The van der Waals surface area contributed by atoms with Crippen molar-refractivity contribution in [1.82, 2.24) is 15.0 Å². The van der Waals surface area contributed by atoms with Gasteiger partial charge in [-0.2, -0.15) is 4.98 Å². The fourth-order valence-electron chi connectivity index (χ4n) is 3.96. The molecular weight excluding hydrogens is 475 g/mol. The van der Waals surface area contributed by atoms with E-state index in [1.165, 1.54) is 16.5 Å². The molecule has 0 amide bonds. The number of fused-ring (bicyclic) bond motifs is 1. The van der Waals surface area contributed by atoms with E-state index in [4.69, 9.17) is 14.0 Å². The van der Waals surface area contributed by atoms with Gasteiger partial charge >= 0.3 is 0 Å². The van der Waals surface area contributed by atoms with Crippen LogP contribution in [0.3, 0.4) is 0 Å². The maximum atomic E-state index is 6.00. The third kappa shape index (κ3) is 5.55. The molecule has 1 aliphatic heterocycles. The van der Waals surface area contributed by atoms with Gasteiger partial charge in [0.25, 0.3) is 5.89 Å². The van der Waals surface area contributed by atoms with E-state index in [0.717, 1.165) is 43.2 Å². The molecule has 1 saturated heterocycles. The number of rotatable bonds is 6. The van der Waals surface area contributed by atoms with E-state index < -0.39 is 0 Å². The van der Waals surface area contributed by atoms with Gasteiger partial charge < -0.3 is 23.8 Å². The van der Waals surface area contributed by atoms with Crippen LogP contribution in [0.2, 0.25) is 0 Å². The molecule has 0 bridgehead atoms. The SMILES string of the molecule is COc1ccc(-c2noc(COc3ccc4cccc(N5CCN(C)CC5)c4c3)n2)cc1.Cl.Cl. The molecule has 1 aromatic heterocycles. The number of likely N-dealkylation sites (N-methyl/N-ethyl adjacent to an activating group) is 1. The molecule has 9 heteroatoms. The third-order valence-electron chi connectivity index (χ3n) is 5.85. The van der Waals surface area contributed by atoms with E-state index in [1.807, 2.05) is 30.3 Å². The highest BCUT2D eigenvalue weighted by Gasteiger charge is 2.17. The molecule has 0 radical (unpaired) electrons. The first kappa shape index (κ1) is 25.6. The van der Waals surface area contributed by atoms with Crippen LogP contribution in [0, 0.1) is 0 Å². The van der Waals surface area contributed by atoms with Gasteiger partial charge in [0.15, 0.2) is 6.61 Å². The zero-order chi connectivity index (χ0) is 21.9. The van der Waals surface area contributed by atoms with E-state index in [-0.39, 0.29) is 31.4 Å². The number of hydrogen-bond acceptors (Lipinski definition) is 7. The molecule has 4 aromatic rings. The van der Waals surface area contributed by atoms with E-state index in [2.05, 4.69) is 57.3 Å². The van der Waals surface area contributed by atoms with Gasteiger partial charge in [0.05, 0.1) is 7.11 Å². The Hall–Kier alpha value is -3.00. The van der Waals surface area contributed by atoms with Gasteiger partial charge in [-0.1, -0.05) is 23.4 Å². The van der Waals surface area contributed by atoms with Crippen molar-refractivity contribution in [3.05, 3.63) is 66.6 Å². The molecule has 1 aliphatic rings. The maximum Gasteiger partial charge on any atom is 0.264 e. The first-order valence-electron chi connectivity index (χ1n) is 10.8. The lowest BCUT2D eigenvalue weighted by atomic mass is 10.1. The van der Waals surface area contributed by atoms with Crippen molar-refractivity contribution in [2.75, 3.05) is 45.2 Å². The number of nitrogens with zero attached hydrogens (tertiary/aromatic N) is 4. The van der Waals surface area contributed by atoms with Gasteiger partial charge in [-0.05, 0) is 54.9 Å².